The van der Waals surface area contributed by atoms with Gasteiger partial charge < -0.3 is 15.6 Å². The number of carbonyl (C=O) groups excluding carboxylic acids is 1. The smallest absolute Gasteiger partial charge is 0.0972 e. The number of carbonyl (C=O) groups is 1. The summed E-state index contributed by atoms with van der Waals surface area (Å²) in [7, 11) is 0. The van der Waals surface area contributed by atoms with E-state index in [2.05, 4.69) is 0 Å². The summed E-state index contributed by atoms with van der Waals surface area (Å²) in [5.74, 6) is -1.04. The van der Waals surface area contributed by atoms with Crippen LogP contribution in [0.25, 0.3) is 5.73 Å². The van der Waals surface area contributed by atoms with Gasteiger partial charge in [-0.15, -0.1) is 0 Å². The predicted molar refractivity (Wildman–Crippen MR) is 30.2 cm³/mol. The zero-order chi connectivity index (χ0) is 6.73. The average Bonchev–Trinajstić information content (AvgIpc) is 1.64. The number of aliphatic hydroxyl groups is 1. The quantitative estimate of drug-likeness (QED) is 0.716. The van der Waals surface area contributed by atoms with E-state index in [4.69, 9.17) is 10.8 Å². The van der Waals surface area contributed by atoms with Gasteiger partial charge in [0.25, 0.3) is 0 Å². The third kappa shape index (κ3) is 5.00. The summed E-state index contributed by atoms with van der Waals surface area (Å²) in [6, 6.07) is 0. The Morgan fingerprint density at radius 3 is 1.89 bits per heavy atom. The number of hydrogen-bond acceptors (Lipinski definition) is 2. The van der Waals surface area contributed by atoms with Gasteiger partial charge in [0.1, 0.15) is 0 Å². The van der Waals surface area contributed by atoms with Crippen LogP contribution in [0.5, 0.6) is 0 Å². The molecule has 0 aromatic rings. The molecule has 51 valence electrons. The molecular formula is C5H10NO2Y-. The number of rotatable bonds is 2. The predicted octanol–water partition coefficient (Wildman–Crippen LogP) is 0.580. The fourth-order valence-corrected chi connectivity index (χ4v) is 0.303. The summed E-state index contributed by atoms with van der Waals surface area (Å²) in [5, 5.41) is 8.67. The molecule has 0 heterocycles. The zero-order valence-corrected chi connectivity index (χ0v) is 8.43. The summed E-state index contributed by atoms with van der Waals surface area (Å²) in [6.07, 6.45) is -1.10. The Labute approximate surface area is 79.9 Å². The van der Waals surface area contributed by atoms with Crippen molar-refractivity contribution in [1.82, 2.24) is 0 Å². The van der Waals surface area contributed by atoms with E-state index in [1.165, 1.54) is 0 Å². The summed E-state index contributed by atoms with van der Waals surface area (Å²) in [4.78, 5) is 10.0. The van der Waals surface area contributed by atoms with Crippen molar-refractivity contribution in [3.05, 3.63) is 5.73 Å². The second-order valence-corrected chi connectivity index (χ2v) is 2.05. The molecule has 0 aliphatic rings. The molecule has 0 saturated carbocycles. The van der Waals surface area contributed by atoms with Gasteiger partial charge in [0.2, 0.25) is 0 Å². The van der Waals surface area contributed by atoms with Crippen LogP contribution in [0.15, 0.2) is 0 Å². The average molecular weight is 205 g/mol. The monoisotopic (exact) mass is 205 g/mol. The summed E-state index contributed by atoms with van der Waals surface area (Å²) in [5.41, 5.74) is 6.43. The van der Waals surface area contributed by atoms with Gasteiger partial charge in [0.15, 0.2) is 0 Å². The Balaban J connectivity index is 0. The first kappa shape index (κ1) is 12.2. The van der Waals surface area contributed by atoms with E-state index in [1.54, 1.807) is 13.8 Å². The Morgan fingerprint density at radius 1 is 1.56 bits per heavy atom. The Kier molecular flexibility index (Phi) is 7.24. The molecule has 0 rings (SSSR count). The maximum Gasteiger partial charge on any atom is 0.0972 e. The minimum absolute atomic E-state index is 0. The molecule has 0 aromatic carbocycles. The van der Waals surface area contributed by atoms with Crippen LogP contribution in [0.1, 0.15) is 13.8 Å². The van der Waals surface area contributed by atoms with E-state index >= 15 is 0 Å². The molecule has 3 nitrogen and oxygen atoms in total. The number of nitrogens with one attached hydrogen (secondary N) is 1. The van der Waals surface area contributed by atoms with Gasteiger partial charge >= 0.3 is 0 Å². The molecule has 2 N–H and O–H groups in total. The first-order valence-corrected chi connectivity index (χ1v) is 2.49. The van der Waals surface area contributed by atoms with Gasteiger partial charge in [0, 0.05) is 32.7 Å². The number of aliphatic hydroxyl groups excluding tert-OH is 1. The van der Waals surface area contributed by atoms with E-state index in [0.717, 1.165) is 0 Å². The van der Waals surface area contributed by atoms with Crippen LogP contribution in [0.3, 0.4) is 0 Å². The van der Waals surface area contributed by atoms with Crippen LogP contribution in [0.2, 0.25) is 0 Å². The van der Waals surface area contributed by atoms with Crippen molar-refractivity contribution in [2.75, 3.05) is 0 Å². The Hall–Kier alpha value is 0.534. The standard InChI is InChI=1S/C5H11NO2.Y/c1-3(2)4(7)5(6)8;/h3-4,7H,1-2H3,(H2,6,8);/p-1. The van der Waals surface area contributed by atoms with Crippen molar-refractivity contribution < 1.29 is 42.6 Å². The van der Waals surface area contributed by atoms with Crippen molar-refractivity contribution in [2.45, 2.75) is 20.0 Å². The molecule has 1 radical (unpaired) electrons. The van der Waals surface area contributed by atoms with E-state index in [1.807, 2.05) is 0 Å². The van der Waals surface area contributed by atoms with Crippen LogP contribution in [0, 0.1) is 5.92 Å². The molecule has 0 spiro atoms. The number of amides is 1. The molecule has 0 fully saturated rings. The third-order valence-corrected chi connectivity index (χ3v) is 0.900. The number of hydrogen-bond donors (Lipinski definition) is 1. The summed E-state index contributed by atoms with van der Waals surface area (Å²) >= 11 is 0. The van der Waals surface area contributed by atoms with Crippen molar-refractivity contribution in [3.63, 3.8) is 0 Å². The molecule has 4 heteroatoms. The molecule has 1 atom stereocenters. The van der Waals surface area contributed by atoms with Gasteiger partial charge in [-0.1, -0.05) is 13.8 Å². The van der Waals surface area contributed by atoms with E-state index in [9.17, 15) is 4.79 Å². The minimum Gasteiger partial charge on any atom is -0.666 e. The van der Waals surface area contributed by atoms with Gasteiger partial charge in [-0.2, -0.15) is 0 Å². The van der Waals surface area contributed by atoms with Crippen LogP contribution >= 0.6 is 0 Å². The molecule has 0 saturated heterocycles. The maximum absolute atomic E-state index is 10.0. The largest absolute Gasteiger partial charge is 0.666 e. The first-order valence-electron chi connectivity index (χ1n) is 2.49. The van der Waals surface area contributed by atoms with Crippen molar-refractivity contribution in [1.29, 1.82) is 0 Å². The van der Waals surface area contributed by atoms with Crippen LogP contribution in [0.4, 0.5) is 0 Å². The minimum atomic E-state index is -1.10. The Bertz CT molecular complexity index is 95.0. The van der Waals surface area contributed by atoms with E-state index in [-0.39, 0.29) is 38.6 Å². The van der Waals surface area contributed by atoms with Crippen LogP contribution < -0.4 is 0 Å². The van der Waals surface area contributed by atoms with E-state index in [0.29, 0.717) is 0 Å². The molecule has 0 bridgehead atoms. The Morgan fingerprint density at radius 2 is 1.89 bits per heavy atom. The van der Waals surface area contributed by atoms with Gasteiger partial charge in [-0.3, -0.25) is 0 Å². The van der Waals surface area contributed by atoms with Gasteiger partial charge in [-0.25, -0.2) is 0 Å². The zero-order valence-electron chi connectivity index (χ0n) is 5.59. The fraction of sp³-hybridized carbons (Fsp3) is 0.800. The molecule has 0 aliphatic heterocycles. The SMILES string of the molecule is CC(C)C(O)C([NH-])=O.[Y]. The molecule has 1 unspecified atom stereocenters. The molecular weight excluding hydrogens is 195 g/mol. The van der Waals surface area contributed by atoms with Crippen LogP contribution in [-0.4, -0.2) is 17.1 Å². The third-order valence-electron chi connectivity index (χ3n) is 0.900. The molecule has 0 aliphatic carbocycles. The van der Waals surface area contributed by atoms with Crippen molar-refractivity contribution in [2.24, 2.45) is 5.92 Å². The summed E-state index contributed by atoms with van der Waals surface area (Å²) < 4.78 is 0. The van der Waals surface area contributed by atoms with Gasteiger partial charge in [-0.05, 0) is 5.92 Å². The summed E-state index contributed by atoms with van der Waals surface area (Å²) in [6.45, 7) is 3.38. The van der Waals surface area contributed by atoms with Crippen molar-refractivity contribution >= 4 is 5.91 Å². The molecule has 0 aromatic heterocycles. The van der Waals surface area contributed by atoms with E-state index < -0.39 is 12.0 Å². The molecule has 1 amide bonds. The van der Waals surface area contributed by atoms with Gasteiger partial charge in [0.05, 0.1) is 12.0 Å². The molecule has 9 heavy (non-hydrogen) atoms. The second kappa shape index (κ2) is 5.33. The second-order valence-electron chi connectivity index (χ2n) is 2.05. The van der Waals surface area contributed by atoms with Crippen LogP contribution in [-0.2, 0) is 37.5 Å². The first-order chi connectivity index (χ1) is 3.55. The fourth-order valence-electron chi connectivity index (χ4n) is 0.303. The topological polar surface area (TPSA) is 61.1 Å². The van der Waals surface area contributed by atoms with Crippen molar-refractivity contribution in [3.8, 4) is 0 Å². The maximum atomic E-state index is 10.0. The normalized spacial score (nSPS) is 12.4.